The van der Waals surface area contributed by atoms with E-state index < -0.39 is 0 Å². The molecule has 1 heterocycles. The second kappa shape index (κ2) is 5.38. The Morgan fingerprint density at radius 2 is 2.18 bits per heavy atom. The lowest BCUT2D eigenvalue weighted by Crippen LogP contribution is -2.35. The molecule has 1 saturated heterocycles. The lowest BCUT2D eigenvalue weighted by atomic mass is 10.0. The number of nitrogens with zero attached hydrogens (tertiary/aromatic N) is 1. The van der Waals surface area contributed by atoms with Crippen LogP contribution in [0.4, 0.5) is 5.69 Å². The molecular formula is C13H18BrNO2. The molecule has 0 spiro atoms. The van der Waals surface area contributed by atoms with E-state index in [1.165, 1.54) is 0 Å². The summed E-state index contributed by atoms with van der Waals surface area (Å²) in [6.45, 7) is 3.30. The van der Waals surface area contributed by atoms with Gasteiger partial charge in [-0.1, -0.05) is 28.9 Å². The van der Waals surface area contributed by atoms with Gasteiger partial charge in [0.05, 0.1) is 19.3 Å². The van der Waals surface area contributed by atoms with Crippen LogP contribution in [0.25, 0.3) is 0 Å². The van der Waals surface area contributed by atoms with Crippen LogP contribution in [0.5, 0.6) is 0 Å². The minimum Gasteiger partial charge on any atom is -0.394 e. The van der Waals surface area contributed by atoms with Crippen molar-refractivity contribution in [2.45, 2.75) is 26.0 Å². The van der Waals surface area contributed by atoms with E-state index in [4.69, 9.17) is 0 Å². The quantitative estimate of drug-likeness (QED) is 0.899. The third-order valence-electron chi connectivity index (χ3n) is 3.60. The van der Waals surface area contributed by atoms with Crippen molar-refractivity contribution < 1.29 is 10.2 Å². The van der Waals surface area contributed by atoms with E-state index in [0.29, 0.717) is 5.92 Å². The number of benzene rings is 1. The summed E-state index contributed by atoms with van der Waals surface area (Å²) in [5, 5.41) is 18.9. The van der Waals surface area contributed by atoms with Gasteiger partial charge in [0.1, 0.15) is 0 Å². The molecule has 17 heavy (non-hydrogen) atoms. The number of hydrogen-bond acceptors (Lipinski definition) is 3. The Bertz CT molecular complexity index is 397. The molecule has 0 amide bonds. The van der Waals surface area contributed by atoms with Crippen molar-refractivity contribution in [1.82, 2.24) is 0 Å². The molecule has 3 nitrogen and oxygen atoms in total. The maximum Gasteiger partial charge on any atom is 0.0702 e. The molecule has 0 aromatic heterocycles. The second-order valence-electron chi connectivity index (χ2n) is 4.64. The molecule has 4 heteroatoms. The number of hydrogen-bond donors (Lipinski definition) is 2. The zero-order valence-corrected chi connectivity index (χ0v) is 11.5. The van der Waals surface area contributed by atoms with Gasteiger partial charge < -0.3 is 15.1 Å². The first kappa shape index (κ1) is 12.9. The molecule has 0 radical (unpaired) electrons. The van der Waals surface area contributed by atoms with E-state index in [9.17, 15) is 10.2 Å². The third kappa shape index (κ3) is 2.49. The average Bonchev–Trinajstić information content (AvgIpc) is 2.70. The number of rotatable bonds is 3. The zero-order valence-electron chi connectivity index (χ0n) is 9.93. The zero-order chi connectivity index (χ0) is 12.4. The highest BCUT2D eigenvalue weighted by molar-refractivity contribution is 9.10. The van der Waals surface area contributed by atoms with Gasteiger partial charge in [-0.25, -0.2) is 0 Å². The van der Waals surface area contributed by atoms with Crippen molar-refractivity contribution in [3.8, 4) is 0 Å². The third-order valence-corrected chi connectivity index (χ3v) is 4.09. The van der Waals surface area contributed by atoms with Gasteiger partial charge in [0.2, 0.25) is 0 Å². The molecule has 2 unspecified atom stereocenters. The van der Waals surface area contributed by atoms with Gasteiger partial charge in [-0.05, 0) is 24.5 Å². The Balaban J connectivity index is 2.35. The highest BCUT2D eigenvalue weighted by Gasteiger charge is 2.31. The molecule has 2 rings (SSSR count). The Hall–Kier alpha value is -0.580. The van der Waals surface area contributed by atoms with Gasteiger partial charge >= 0.3 is 0 Å². The van der Waals surface area contributed by atoms with Crippen LogP contribution in [0.3, 0.4) is 0 Å². The molecular weight excluding hydrogens is 282 g/mol. The first-order valence-corrected chi connectivity index (χ1v) is 6.73. The van der Waals surface area contributed by atoms with Crippen LogP contribution in [-0.2, 0) is 6.61 Å². The number of aliphatic hydroxyl groups excluding tert-OH is 2. The molecule has 1 aromatic rings. The number of aliphatic hydroxyl groups is 2. The van der Waals surface area contributed by atoms with Crippen LogP contribution in [0.1, 0.15) is 18.9 Å². The van der Waals surface area contributed by atoms with Crippen LogP contribution >= 0.6 is 15.9 Å². The van der Waals surface area contributed by atoms with E-state index in [1.54, 1.807) is 0 Å². The van der Waals surface area contributed by atoms with E-state index in [0.717, 1.165) is 28.7 Å². The molecule has 1 fully saturated rings. The normalized spacial score (nSPS) is 24.4. The van der Waals surface area contributed by atoms with Gasteiger partial charge in [0, 0.05) is 22.3 Å². The van der Waals surface area contributed by atoms with E-state index in [-0.39, 0.29) is 19.3 Å². The minimum absolute atomic E-state index is 0.0334. The minimum atomic E-state index is 0.0334. The maximum atomic E-state index is 9.49. The van der Waals surface area contributed by atoms with Crippen LogP contribution in [0.15, 0.2) is 22.7 Å². The summed E-state index contributed by atoms with van der Waals surface area (Å²) in [5.74, 6) is 0.491. The summed E-state index contributed by atoms with van der Waals surface area (Å²) in [6, 6.07) is 6.04. The molecule has 1 aromatic carbocycles. The standard InChI is InChI=1S/C13H18BrNO2/c1-9-4-5-15(13(9)8-17)12-6-11(14)3-2-10(12)7-16/h2-3,6,9,13,16-17H,4-5,7-8H2,1H3. The molecule has 1 aliphatic rings. The van der Waals surface area contributed by atoms with Gasteiger partial charge in [0.25, 0.3) is 0 Å². The van der Waals surface area contributed by atoms with Crippen molar-refractivity contribution in [3.05, 3.63) is 28.2 Å². The topological polar surface area (TPSA) is 43.7 Å². The highest BCUT2D eigenvalue weighted by atomic mass is 79.9. The van der Waals surface area contributed by atoms with Crippen molar-refractivity contribution in [2.24, 2.45) is 5.92 Å². The Labute approximate surface area is 110 Å². The summed E-state index contributed by atoms with van der Waals surface area (Å²) in [4.78, 5) is 2.21. The van der Waals surface area contributed by atoms with Crippen molar-refractivity contribution in [2.75, 3.05) is 18.1 Å². The van der Waals surface area contributed by atoms with Gasteiger partial charge in [-0.15, -0.1) is 0 Å². The average molecular weight is 300 g/mol. The molecule has 0 saturated carbocycles. The van der Waals surface area contributed by atoms with E-state index in [2.05, 4.69) is 27.8 Å². The predicted molar refractivity (Wildman–Crippen MR) is 72.1 cm³/mol. The smallest absolute Gasteiger partial charge is 0.0702 e. The largest absolute Gasteiger partial charge is 0.394 e. The fraction of sp³-hybridized carbons (Fsp3) is 0.538. The molecule has 2 N–H and O–H groups in total. The first-order valence-electron chi connectivity index (χ1n) is 5.94. The first-order chi connectivity index (χ1) is 8.17. The lowest BCUT2D eigenvalue weighted by Gasteiger charge is -2.29. The van der Waals surface area contributed by atoms with Gasteiger partial charge in [0.15, 0.2) is 0 Å². The Morgan fingerprint density at radius 1 is 1.41 bits per heavy atom. The van der Waals surface area contributed by atoms with Gasteiger partial charge in [-0.3, -0.25) is 0 Å². The van der Waals surface area contributed by atoms with Crippen LogP contribution in [0, 0.1) is 5.92 Å². The van der Waals surface area contributed by atoms with E-state index in [1.807, 2.05) is 18.2 Å². The Kier molecular flexibility index (Phi) is 4.07. The second-order valence-corrected chi connectivity index (χ2v) is 5.56. The van der Waals surface area contributed by atoms with Crippen LogP contribution < -0.4 is 4.90 Å². The van der Waals surface area contributed by atoms with Crippen LogP contribution in [-0.4, -0.2) is 29.4 Å². The molecule has 0 aliphatic carbocycles. The molecule has 1 aliphatic heterocycles. The fourth-order valence-electron chi connectivity index (χ4n) is 2.52. The highest BCUT2D eigenvalue weighted by Crippen LogP contribution is 2.33. The summed E-state index contributed by atoms with van der Waals surface area (Å²) < 4.78 is 1.00. The fourth-order valence-corrected chi connectivity index (χ4v) is 2.87. The lowest BCUT2D eigenvalue weighted by molar-refractivity contribution is 0.243. The van der Waals surface area contributed by atoms with Crippen molar-refractivity contribution in [3.63, 3.8) is 0 Å². The monoisotopic (exact) mass is 299 g/mol. The number of anilines is 1. The summed E-state index contributed by atoms with van der Waals surface area (Å²) >= 11 is 3.46. The van der Waals surface area contributed by atoms with Crippen molar-refractivity contribution >= 4 is 21.6 Å². The summed E-state index contributed by atoms with van der Waals surface area (Å²) in [5.41, 5.74) is 1.95. The SMILES string of the molecule is CC1CCN(c2cc(Br)ccc2CO)C1CO. The molecule has 94 valence electrons. The summed E-state index contributed by atoms with van der Waals surface area (Å²) in [6.07, 6.45) is 1.09. The van der Waals surface area contributed by atoms with Crippen LogP contribution in [0.2, 0.25) is 0 Å². The molecule has 2 atom stereocenters. The van der Waals surface area contributed by atoms with E-state index >= 15 is 0 Å². The number of halogens is 1. The maximum absolute atomic E-state index is 9.49. The Morgan fingerprint density at radius 3 is 2.82 bits per heavy atom. The summed E-state index contributed by atoms with van der Waals surface area (Å²) in [7, 11) is 0. The van der Waals surface area contributed by atoms with Crippen molar-refractivity contribution in [1.29, 1.82) is 0 Å². The molecule has 0 bridgehead atoms. The van der Waals surface area contributed by atoms with Gasteiger partial charge in [-0.2, -0.15) is 0 Å². The predicted octanol–water partition coefficient (Wildman–Crippen LogP) is 2.15.